The number of piperidine rings is 1. The van der Waals surface area contributed by atoms with Crippen LogP contribution in [0.15, 0.2) is 0 Å². The molecule has 116 valence electrons. The molecule has 1 aliphatic carbocycles. The van der Waals surface area contributed by atoms with Gasteiger partial charge in [0.2, 0.25) is 0 Å². The lowest BCUT2D eigenvalue weighted by molar-refractivity contribution is -0.00562. The van der Waals surface area contributed by atoms with E-state index in [-0.39, 0.29) is 18.6 Å². The topological polar surface area (TPSA) is 104 Å². The van der Waals surface area contributed by atoms with Gasteiger partial charge in [-0.3, -0.25) is 9.89 Å². The Labute approximate surface area is 123 Å². The first-order valence-corrected chi connectivity index (χ1v) is 7.56. The number of carbonyl (C=O) groups is 1. The zero-order valence-corrected chi connectivity index (χ0v) is 12.0. The van der Waals surface area contributed by atoms with Crippen LogP contribution in [0.5, 0.6) is 0 Å². The van der Waals surface area contributed by atoms with E-state index < -0.39 is 0 Å². The average molecular weight is 294 g/mol. The first-order chi connectivity index (χ1) is 10.2. The van der Waals surface area contributed by atoms with Crippen molar-refractivity contribution in [1.82, 2.24) is 15.1 Å². The predicted molar refractivity (Wildman–Crippen MR) is 76.9 cm³/mol. The summed E-state index contributed by atoms with van der Waals surface area (Å²) in [5.41, 5.74) is 7.84. The zero-order valence-electron chi connectivity index (χ0n) is 12.0. The fourth-order valence-corrected chi connectivity index (χ4v) is 2.81. The molecule has 0 unspecified atom stereocenters. The van der Waals surface area contributed by atoms with Gasteiger partial charge >= 0.3 is 0 Å². The van der Waals surface area contributed by atoms with Gasteiger partial charge in [0.25, 0.3) is 5.91 Å². The smallest absolute Gasteiger partial charge is 0.276 e. The second kappa shape index (κ2) is 6.03. The Morgan fingerprint density at radius 3 is 2.71 bits per heavy atom. The number of nitrogens with two attached hydrogens (primary N) is 1. The van der Waals surface area contributed by atoms with Crippen molar-refractivity contribution in [3.05, 3.63) is 11.4 Å². The first-order valence-electron chi connectivity index (χ1n) is 7.56. The van der Waals surface area contributed by atoms with E-state index in [9.17, 15) is 4.79 Å². The van der Waals surface area contributed by atoms with Crippen molar-refractivity contribution < 1.29 is 14.6 Å². The number of likely N-dealkylation sites (tertiary alicyclic amines) is 1. The van der Waals surface area contributed by atoms with Crippen LogP contribution in [0.3, 0.4) is 0 Å². The number of aromatic nitrogens is 2. The number of nitrogen functional groups attached to an aromatic ring is 1. The number of ether oxygens (including phenoxy) is 1. The van der Waals surface area contributed by atoms with Crippen molar-refractivity contribution in [2.75, 3.05) is 32.0 Å². The highest BCUT2D eigenvalue weighted by atomic mass is 16.5. The largest absolute Gasteiger partial charge is 0.395 e. The standard InChI is InChI=1S/C14H22N4O3/c15-11-12(9-1-2-9)16-17-13(11)14(20)18-5-3-10(4-6-18)21-8-7-19/h9-10,19H,1-8,15H2,(H,16,17). The van der Waals surface area contributed by atoms with E-state index in [1.54, 1.807) is 4.90 Å². The molecule has 7 nitrogen and oxygen atoms in total. The molecule has 2 heterocycles. The van der Waals surface area contributed by atoms with Crippen LogP contribution < -0.4 is 5.73 Å². The van der Waals surface area contributed by atoms with Crippen LogP contribution in [0.1, 0.15) is 47.8 Å². The van der Waals surface area contributed by atoms with Gasteiger partial charge in [-0.15, -0.1) is 0 Å². The van der Waals surface area contributed by atoms with Crippen molar-refractivity contribution in [2.45, 2.75) is 37.7 Å². The lowest BCUT2D eigenvalue weighted by atomic mass is 10.1. The summed E-state index contributed by atoms with van der Waals surface area (Å²) in [7, 11) is 0. The molecule has 7 heteroatoms. The number of carbonyl (C=O) groups excluding carboxylic acids is 1. The van der Waals surface area contributed by atoms with Gasteiger partial charge in [-0.2, -0.15) is 5.10 Å². The van der Waals surface area contributed by atoms with Crippen molar-refractivity contribution in [1.29, 1.82) is 0 Å². The van der Waals surface area contributed by atoms with E-state index in [1.165, 1.54) is 0 Å². The molecule has 1 aliphatic heterocycles. The summed E-state index contributed by atoms with van der Waals surface area (Å²) < 4.78 is 5.50. The molecule has 0 aromatic carbocycles. The lowest BCUT2D eigenvalue weighted by Gasteiger charge is -2.31. The molecule has 2 aliphatic rings. The van der Waals surface area contributed by atoms with Crippen LogP contribution in [-0.4, -0.2) is 58.5 Å². The van der Waals surface area contributed by atoms with E-state index >= 15 is 0 Å². The van der Waals surface area contributed by atoms with Gasteiger partial charge in [0, 0.05) is 19.0 Å². The Morgan fingerprint density at radius 1 is 1.38 bits per heavy atom. The fourth-order valence-electron chi connectivity index (χ4n) is 2.81. The quantitative estimate of drug-likeness (QED) is 0.733. The van der Waals surface area contributed by atoms with E-state index in [1.807, 2.05) is 0 Å². The maximum atomic E-state index is 12.5. The van der Waals surface area contributed by atoms with Crippen LogP contribution >= 0.6 is 0 Å². The number of H-pyrrole nitrogens is 1. The van der Waals surface area contributed by atoms with Crippen LogP contribution in [0, 0.1) is 0 Å². The molecule has 1 saturated carbocycles. The molecule has 21 heavy (non-hydrogen) atoms. The third-order valence-corrected chi connectivity index (χ3v) is 4.20. The highest BCUT2D eigenvalue weighted by molar-refractivity contribution is 5.97. The Hall–Kier alpha value is -1.60. The molecule has 1 aromatic heterocycles. The summed E-state index contributed by atoms with van der Waals surface area (Å²) in [6.07, 6.45) is 3.93. The molecule has 1 aromatic rings. The fraction of sp³-hybridized carbons (Fsp3) is 0.714. The summed E-state index contributed by atoms with van der Waals surface area (Å²) >= 11 is 0. The maximum absolute atomic E-state index is 12.5. The molecule has 4 N–H and O–H groups in total. The van der Waals surface area contributed by atoms with E-state index in [4.69, 9.17) is 15.6 Å². The second-order valence-electron chi connectivity index (χ2n) is 5.76. The molecule has 2 fully saturated rings. The molecule has 3 rings (SSSR count). The normalized spacial score (nSPS) is 20.0. The van der Waals surface area contributed by atoms with Crippen LogP contribution in [0.2, 0.25) is 0 Å². The van der Waals surface area contributed by atoms with Crippen molar-refractivity contribution in [3.63, 3.8) is 0 Å². The molecular formula is C14H22N4O3. The SMILES string of the molecule is Nc1c(C(=O)N2CCC(OCCO)CC2)n[nH]c1C1CC1. The number of nitrogens with one attached hydrogen (secondary N) is 1. The molecule has 0 atom stereocenters. The third-order valence-electron chi connectivity index (χ3n) is 4.20. The minimum Gasteiger partial charge on any atom is -0.395 e. The number of aliphatic hydroxyl groups is 1. The van der Waals surface area contributed by atoms with Gasteiger partial charge in [0.15, 0.2) is 5.69 Å². The molecule has 0 bridgehead atoms. The van der Waals surface area contributed by atoms with Crippen LogP contribution in [-0.2, 0) is 4.74 Å². The van der Waals surface area contributed by atoms with Gasteiger partial charge < -0.3 is 20.5 Å². The summed E-state index contributed by atoms with van der Waals surface area (Å²) in [6.45, 7) is 1.67. The van der Waals surface area contributed by atoms with Gasteiger partial charge in [-0.25, -0.2) is 0 Å². The monoisotopic (exact) mass is 294 g/mol. The van der Waals surface area contributed by atoms with Gasteiger partial charge in [0.1, 0.15) is 0 Å². The number of aliphatic hydroxyl groups excluding tert-OH is 1. The summed E-state index contributed by atoms with van der Waals surface area (Å²) in [6, 6.07) is 0. The lowest BCUT2D eigenvalue weighted by Crippen LogP contribution is -2.41. The number of amides is 1. The number of aromatic amines is 1. The van der Waals surface area contributed by atoms with E-state index in [0.29, 0.717) is 37.0 Å². The Morgan fingerprint density at radius 2 is 2.10 bits per heavy atom. The van der Waals surface area contributed by atoms with E-state index in [2.05, 4.69) is 10.2 Å². The highest BCUT2D eigenvalue weighted by Crippen LogP contribution is 2.42. The Bertz CT molecular complexity index is 504. The van der Waals surface area contributed by atoms with Crippen molar-refractivity contribution in [2.24, 2.45) is 0 Å². The Kier molecular flexibility index (Phi) is 4.12. The van der Waals surface area contributed by atoms with Crippen molar-refractivity contribution in [3.8, 4) is 0 Å². The maximum Gasteiger partial charge on any atom is 0.276 e. The minimum absolute atomic E-state index is 0.0346. The molecule has 0 radical (unpaired) electrons. The molecule has 0 spiro atoms. The second-order valence-corrected chi connectivity index (χ2v) is 5.76. The van der Waals surface area contributed by atoms with Gasteiger partial charge in [0.05, 0.1) is 30.7 Å². The number of hydrogen-bond donors (Lipinski definition) is 3. The number of hydrogen-bond acceptors (Lipinski definition) is 5. The van der Waals surface area contributed by atoms with Gasteiger partial charge in [-0.1, -0.05) is 0 Å². The molecule has 1 saturated heterocycles. The minimum atomic E-state index is -0.101. The first kappa shape index (κ1) is 14.3. The summed E-state index contributed by atoms with van der Waals surface area (Å²) in [4.78, 5) is 14.3. The predicted octanol–water partition coefficient (Wildman–Crippen LogP) is 0.483. The van der Waals surface area contributed by atoms with Crippen LogP contribution in [0.4, 0.5) is 5.69 Å². The number of nitrogens with zero attached hydrogens (tertiary/aromatic N) is 2. The highest BCUT2D eigenvalue weighted by Gasteiger charge is 2.32. The third kappa shape index (κ3) is 3.03. The number of anilines is 1. The zero-order chi connectivity index (χ0) is 14.8. The summed E-state index contributed by atoms with van der Waals surface area (Å²) in [5.74, 6) is 0.355. The van der Waals surface area contributed by atoms with Gasteiger partial charge in [-0.05, 0) is 25.7 Å². The molecular weight excluding hydrogens is 272 g/mol. The van der Waals surface area contributed by atoms with E-state index in [0.717, 1.165) is 31.4 Å². The van der Waals surface area contributed by atoms with Crippen LogP contribution in [0.25, 0.3) is 0 Å². The van der Waals surface area contributed by atoms with Crippen molar-refractivity contribution >= 4 is 11.6 Å². The number of rotatable bonds is 5. The summed E-state index contributed by atoms with van der Waals surface area (Å²) in [5, 5.41) is 15.8. The molecule has 1 amide bonds. The average Bonchev–Trinajstić information content (AvgIpc) is 3.28. The Balaban J connectivity index is 1.59.